The monoisotopic (exact) mass is 340 g/mol. The lowest BCUT2D eigenvalue weighted by Gasteiger charge is -2.12. The number of amides is 1. The summed E-state index contributed by atoms with van der Waals surface area (Å²) in [5, 5.41) is 6.74. The smallest absolute Gasteiger partial charge is 0.244 e. The Kier molecular flexibility index (Phi) is 4.84. The number of nitrogens with zero attached hydrogens (tertiary/aromatic N) is 3. The van der Waals surface area contributed by atoms with Crippen molar-refractivity contribution in [2.75, 3.05) is 6.54 Å². The fraction of sp³-hybridized carbons (Fsp3) is 0.308. The zero-order chi connectivity index (χ0) is 14.5. The predicted octanol–water partition coefficient (Wildman–Crippen LogP) is 2.10. The highest BCUT2D eigenvalue weighted by atomic mass is 79.9. The number of carbonyl (C=O) groups excluding carboxylic acids is 1. The van der Waals surface area contributed by atoms with Gasteiger partial charge >= 0.3 is 0 Å². The molecular formula is C13H14BrFN4O. The van der Waals surface area contributed by atoms with Crippen molar-refractivity contribution in [1.82, 2.24) is 20.1 Å². The number of benzene rings is 1. The maximum atomic E-state index is 13.1. The number of nitrogens with one attached hydrogen (secondary N) is 1. The van der Waals surface area contributed by atoms with Crippen LogP contribution in [-0.4, -0.2) is 27.2 Å². The van der Waals surface area contributed by atoms with Gasteiger partial charge in [0, 0.05) is 6.54 Å². The van der Waals surface area contributed by atoms with Crippen LogP contribution in [0.5, 0.6) is 0 Å². The molecule has 1 aromatic heterocycles. The van der Waals surface area contributed by atoms with Crippen LogP contribution in [0.3, 0.4) is 0 Å². The molecule has 1 aromatic carbocycles. The van der Waals surface area contributed by atoms with Crippen molar-refractivity contribution in [1.29, 1.82) is 0 Å². The summed E-state index contributed by atoms with van der Waals surface area (Å²) in [5.74, 6) is -0.422. The van der Waals surface area contributed by atoms with Gasteiger partial charge in [0.15, 0.2) is 0 Å². The highest BCUT2D eigenvalue weighted by molar-refractivity contribution is 9.10. The van der Waals surface area contributed by atoms with Crippen LogP contribution in [0.15, 0.2) is 35.3 Å². The summed E-state index contributed by atoms with van der Waals surface area (Å²) >= 11 is 3.14. The predicted molar refractivity (Wildman–Crippen MR) is 75.5 cm³/mol. The average molecular weight is 341 g/mol. The number of hydrogen-bond acceptors (Lipinski definition) is 3. The lowest BCUT2D eigenvalue weighted by molar-refractivity contribution is -0.124. The molecule has 7 heteroatoms. The van der Waals surface area contributed by atoms with Crippen molar-refractivity contribution in [2.45, 2.75) is 19.4 Å². The van der Waals surface area contributed by atoms with Crippen LogP contribution >= 0.6 is 15.9 Å². The van der Waals surface area contributed by atoms with Crippen LogP contribution in [0.2, 0.25) is 0 Å². The number of aromatic nitrogens is 3. The third kappa shape index (κ3) is 3.63. The molecule has 20 heavy (non-hydrogen) atoms. The van der Waals surface area contributed by atoms with E-state index in [1.807, 2.05) is 0 Å². The summed E-state index contributed by atoms with van der Waals surface area (Å²) in [5.41, 5.74) is 0.951. The molecule has 1 heterocycles. The van der Waals surface area contributed by atoms with E-state index in [1.165, 1.54) is 23.4 Å². The van der Waals surface area contributed by atoms with Crippen LogP contribution in [0.25, 0.3) is 0 Å². The van der Waals surface area contributed by atoms with Gasteiger partial charge in [-0.3, -0.25) is 4.79 Å². The molecule has 0 aliphatic carbocycles. The quantitative estimate of drug-likeness (QED) is 0.906. The highest BCUT2D eigenvalue weighted by Crippen LogP contribution is 2.16. The second kappa shape index (κ2) is 6.60. The summed E-state index contributed by atoms with van der Waals surface area (Å²) in [7, 11) is 0. The highest BCUT2D eigenvalue weighted by Gasteiger charge is 2.14. The Bertz CT molecular complexity index is 588. The van der Waals surface area contributed by atoms with Gasteiger partial charge in [0.05, 0.1) is 4.47 Å². The van der Waals surface area contributed by atoms with Gasteiger partial charge in [0.25, 0.3) is 0 Å². The second-order valence-electron chi connectivity index (χ2n) is 4.34. The Morgan fingerprint density at radius 3 is 3.00 bits per heavy atom. The van der Waals surface area contributed by atoms with E-state index in [1.54, 1.807) is 19.1 Å². The second-order valence-corrected chi connectivity index (χ2v) is 5.20. The van der Waals surface area contributed by atoms with Gasteiger partial charge in [0.1, 0.15) is 24.5 Å². The average Bonchev–Trinajstić information content (AvgIpc) is 2.96. The van der Waals surface area contributed by atoms with Gasteiger partial charge in [-0.05, 0) is 47.0 Å². The van der Waals surface area contributed by atoms with Gasteiger partial charge < -0.3 is 5.32 Å². The molecule has 0 spiro atoms. The lowest BCUT2D eigenvalue weighted by atomic mass is 10.1. The number of carbonyl (C=O) groups is 1. The minimum absolute atomic E-state index is 0.128. The topological polar surface area (TPSA) is 59.8 Å². The van der Waals surface area contributed by atoms with Gasteiger partial charge in [-0.25, -0.2) is 14.1 Å². The standard InChI is InChI=1S/C13H14BrFN4O/c1-9(19-8-16-7-18-19)13(20)17-5-4-10-2-3-12(15)11(14)6-10/h2-3,6-9H,4-5H2,1H3,(H,17,20)/t9-/m0/s1. The van der Waals surface area contributed by atoms with Crippen LogP contribution in [0, 0.1) is 5.82 Å². The first-order valence-electron chi connectivity index (χ1n) is 6.13. The normalized spacial score (nSPS) is 12.2. The molecule has 0 radical (unpaired) electrons. The molecule has 0 aliphatic rings. The van der Waals surface area contributed by atoms with Crippen molar-refractivity contribution >= 4 is 21.8 Å². The number of halogens is 2. The summed E-state index contributed by atoms with van der Waals surface area (Å²) < 4.78 is 15.0. The Balaban J connectivity index is 1.83. The minimum Gasteiger partial charge on any atom is -0.354 e. The van der Waals surface area contributed by atoms with E-state index in [0.29, 0.717) is 17.4 Å². The Morgan fingerprint density at radius 1 is 1.55 bits per heavy atom. The van der Waals surface area contributed by atoms with Gasteiger partial charge in [-0.15, -0.1) is 0 Å². The molecular weight excluding hydrogens is 327 g/mol. The minimum atomic E-state index is -0.405. The molecule has 106 valence electrons. The van der Waals surface area contributed by atoms with E-state index < -0.39 is 6.04 Å². The zero-order valence-electron chi connectivity index (χ0n) is 10.9. The first-order valence-corrected chi connectivity index (χ1v) is 6.93. The molecule has 0 bridgehead atoms. The van der Waals surface area contributed by atoms with Crippen molar-refractivity contribution in [3.05, 3.63) is 46.7 Å². The van der Waals surface area contributed by atoms with Gasteiger partial charge in [-0.1, -0.05) is 6.07 Å². The molecule has 1 amide bonds. The first kappa shape index (κ1) is 14.6. The van der Waals surface area contributed by atoms with E-state index in [0.717, 1.165) is 5.56 Å². The molecule has 1 N–H and O–H groups in total. The summed E-state index contributed by atoms with van der Waals surface area (Å²) in [6, 6.07) is 4.41. The maximum Gasteiger partial charge on any atom is 0.244 e. The van der Waals surface area contributed by atoms with E-state index in [4.69, 9.17) is 0 Å². The van der Waals surface area contributed by atoms with Crippen molar-refractivity contribution < 1.29 is 9.18 Å². The Labute approximate surface area is 124 Å². The lowest BCUT2D eigenvalue weighted by Crippen LogP contribution is -2.32. The van der Waals surface area contributed by atoms with Crippen molar-refractivity contribution in [3.63, 3.8) is 0 Å². The zero-order valence-corrected chi connectivity index (χ0v) is 12.5. The molecule has 0 aliphatic heterocycles. The van der Waals surface area contributed by atoms with E-state index in [-0.39, 0.29) is 11.7 Å². The maximum absolute atomic E-state index is 13.1. The Hall–Kier alpha value is -1.76. The van der Waals surface area contributed by atoms with Crippen LogP contribution in [-0.2, 0) is 11.2 Å². The number of hydrogen-bond donors (Lipinski definition) is 1. The molecule has 2 aromatic rings. The SMILES string of the molecule is C[C@@H](C(=O)NCCc1ccc(F)c(Br)c1)n1cncn1. The molecule has 2 rings (SSSR count). The fourth-order valence-corrected chi connectivity index (χ4v) is 2.14. The Morgan fingerprint density at radius 2 is 2.35 bits per heavy atom. The van der Waals surface area contributed by atoms with E-state index in [2.05, 4.69) is 31.3 Å². The largest absolute Gasteiger partial charge is 0.354 e. The van der Waals surface area contributed by atoms with Gasteiger partial charge in [0.2, 0.25) is 5.91 Å². The summed E-state index contributed by atoms with van der Waals surface area (Å²) in [6.45, 7) is 2.23. The van der Waals surface area contributed by atoms with E-state index in [9.17, 15) is 9.18 Å². The molecule has 0 saturated carbocycles. The van der Waals surface area contributed by atoms with Crippen LogP contribution in [0.1, 0.15) is 18.5 Å². The number of rotatable bonds is 5. The van der Waals surface area contributed by atoms with Gasteiger partial charge in [-0.2, -0.15) is 5.10 Å². The third-order valence-electron chi connectivity index (χ3n) is 2.91. The summed E-state index contributed by atoms with van der Waals surface area (Å²) in [6.07, 6.45) is 3.52. The van der Waals surface area contributed by atoms with Crippen LogP contribution in [0.4, 0.5) is 4.39 Å². The third-order valence-corrected chi connectivity index (χ3v) is 3.52. The van der Waals surface area contributed by atoms with Crippen molar-refractivity contribution in [3.8, 4) is 0 Å². The fourth-order valence-electron chi connectivity index (χ4n) is 1.71. The summed E-state index contributed by atoms with van der Waals surface area (Å²) in [4.78, 5) is 15.7. The molecule has 0 saturated heterocycles. The first-order chi connectivity index (χ1) is 9.58. The molecule has 0 unspecified atom stereocenters. The van der Waals surface area contributed by atoms with E-state index >= 15 is 0 Å². The molecule has 5 nitrogen and oxygen atoms in total. The van der Waals surface area contributed by atoms with Crippen LogP contribution < -0.4 is 5.32 Å². The molecule has 1 atom stereocenters. The molecule has 0 fully saturated rings. The van der Waals surface area contributed by atoms with Crippen molar-refractivity contribution in [2.24, 2.45) is 0 Å².